The van der Waals surface area contributed by atoms with Crippen molar-refractivity contribution in [3.05, 3.63) is 34.9 Å². The second-order valence-corrected chi connectivity index (χ2v) is 6.65. The third-order valence-corrected chi connectivity index (χ3v) is 4.30. The largest absolute Gasteiger partial charge is 0.481 e. The zero-order valence-corrected chi connectivity index (χ0v) is 13.6. The van der Waals surface area contributed by atoms with Gasteiger partial charge in [0.1, 0.15) is 0 Å². The number of nitrogens with zero attached hydrogens (tertiary/aromatic N) is 1. The van der Waals surface area contributed by atoms with Gasteiger partial charge in [0.15, 0.2) is 0 Å². The van der Waals surface area contributed by atoms with Gasteiger partial charge in [0.05, 0.1) is 0 Å². The first-order valence-corrected chi connectivity index (χ1v) is 7.93. The van der Waals surface area contributed by atoms with Gasteiger partial charge in [0.2, 0.25) is 5.91 Å². The van der Waals surface area contributed by atoms with Crippen LogP contribution in [0.1, 0.15) is 48.8 Å². The SMILES string of the molecule is Cc1cc(C)cc(C2CCN(C(=O)CC(C)CC(=O)O)C2)c1. The quantitative estimate of drug-likeness (QED) is 0.909. The van der Waals surface area contributed by atoms with Crippen LogP contribution in [0.15, 0.2) is 18.2 Å². The molecule has 1 fully saturated rings. The highest BCUT2D eigenvalue weighted by atomic mass is 16.4. The molecule has 1 N–H and O–H groups in total. The maximum atomic E-state index is 12.3. The molecule has 120 valence electrons. The Balaban J connectivity index is 1.94. The van der Waals surface area contributed by atoms with Crippen molar-refractivity contribution >= 4 is 11.9 Å². The average Bonchev–Trinajstić information content (AvgIpc) is 2.85. The number of aliphatic carboxylic acids is 1. The Hall–Kier alpha value is -1.84. The Morgan fingerprint density at radius 2 is 1.86 bits per heavy atom. The smallest absolute Gasteiger partial charge is 0.303 e. The molecular weight excluding hydrogens is 278 g/mol. The molecule has 0 bridgehead atoms. The van der Waals surface area contributed by atoms with Crippen molar-refractivity contribution in [1.82, 2.24) is 4.90 Å². The molecule has 4 nitrogen and oxygen atoms in total. The number of carbonyl (C=O) groups is 2. The van der Waals surface area contributed by atoms with Gasteiger partial charge in [0.25, 0.3) is 0 Å². The molecule has 0 radical (unpaired) electrons. The second-order valence-electron chi connectivity index (χ2n) is 6.65. The van der Waals surface area contributed by atoms with Gasteiger partial charge in [-0.15, -0.1) is 0 Å². The highest BCUT2D eigenvalue weighted by Crippen LogP contribution is 2.29. The van der Waals surface area contributed by atoms with E-state index in [9.17, 15) is 9.59 Å². The third kappa shape index (κ3) is 4.33. The monoisotopic (exact) mass is 303 g/mol. The highest BCUT2D eigenvalue weighted by Gasteiger charge is 2.28. The van der Waals surface area contributed by atoms with E-state index < -0.39 is 5.97 Å². The van der Waals surface area contributed by atoms with Gasteiger partial charge in [-0.1, -0.05) is 36.2 Å². The lowest BCUT2D eigenvalue weighted by Gasteiger charge is -2.19. The maximum absolute atomic E-state index is 12.3. The number of rotatable bonds is 5. The standard InChI is InChI=1S/C18H25NO3/c1-12-6-13(2)8-16(7-12)15-4-5-19(11-15)17(20)9-14(3)10-18(21)22/h6-8,14-15H,4-5,9-11H2,1-3H3,(H,21,22). The van der Waals surface area contributed by atoms with E-state index >= 15 is 0 Å². The molecule has 4 heteroatoms. The molecule has 0 spiro atoms. The summed E-state index contributed by atoms with van der Waals surface area (Å²) in [5.41, 5.74) is 3.83. The first kappa shape index (κ1) is 16.5. The van der Waals surface area contributed by atoms with Gasteiger partial charge in [0, 0.05) is 31.8 Å². The summed E-state index contributed by atoms with van der Waals surface area (Å²) in [5.74, 6) is -0.460. The third-order valence-electron chi connectivity index (χ3n) is 4.30. The first-order chi connectivity index (χ1) is 10.3. The minimum Gasteiger partial charge on any atom is -0.481 e. The lowest BCUT2D eigenvalue weighted by Crippen LogP contribution is -2.30. The normalized spacial score (nSPS) is 19.2. The van der Waals surface area contributed by atoms with E-state index in [1.165, 1.54) is 16.7 Å². The van der Waals surface area contributed by atoms with E-state index in [1.54, 1.807) is 0 Å². The fourth-order valence-electron chi connectivity index (χ4n) is 3.30. The van der Waals surface area contributed by atoms with Crippen molar-refractivity contribution in [3.63, 3.8) is 0 Å². The minimum atomic E-state index is -0.838. The zero-order valence-electron chi connectivity index (χ0n) is 13.6. The van der Waals surface area contributed by atoms with Crippen LogP contribution >= 0.6 is 0 Å². The number of hydrogen-bond acceptors (Lipinski definition) is 2. The predicted octanol–water partition coefficient (Wildman–Crippen LogP) is 3.12. The molecule has 2 rings (SSSR count). The van der Waals surface area contributed by atoms with Gasteiger partial charge in [-0.3, -0.25) is 9.59 Å². The summed E-state index contributed by atoms with van der Waals surface area (Å²) in [7, 11) is 0. The number of carboxylic acids is 1. The summed E-state index contributed by atoms with van der Waals surface area (Å²) >= 11 is 0. The Labute approximate surface area is 132 Å². The summed E-state index contributed by atoms with van der Waals surface area (Å²) in [6.07, 6.45) is 1.37. The van der Waals surface area contributed by atoms with Crippen molar-refractivity contribution in [2.45, 2.75) is 46.0 Å². The minimum absolute atomic E-state index is 0.0556. The van der Waals surface area contributed by atoms with Crippen LogP contribution in [0, 0.1) is 19.8 Å². The van der Waals surface area contributed by atoms with E-state index in [2.05, 4.69) is 32.0 Å². The van der Waals surface area contributed by atoms with E-state index in [-0.39, 0.29) is 18.2 Å². The van der Waals surface area contributed by atoms with Gasteiger partial charge in [-0.05, 0) is 31.7 Å². The predicted molar refractivity (Wildman–Crippen MR) is 85.9 cm³/mol. The summed E-state index contributed by atoms with van der Waals surface area (Å²) in [5, 5.41) is 8.78. The average molecular weight is 303 g/mol. The number of carbonyl (C=O) groups excluding carboxylic acids is 1. The van der Waals surface area contributed by atoms with Crippen LogP contribution < -0.4 is 0 Å². The molecule has 2 unspecified atom stereocenters. The Morgan fingerprint density at radius 1 is 1.23 bits per heavy atom. The van der Waals surface area contributed by atoms with Crippen LogP contribution in [0.25, 0.3) is 0 Å². The van der Waals surface area contributed by atoms with E-state index in [4.69, 9.17) is 5.11 Å². The summed E-state index contributed by atoms with van der Waals surface area (Å²) < 4.78 is 0. The van der Waals surface area contributed by atoms with E-state index in [0.717, 1.165) is 19.5 Å². The molecule has 2 atom stereocenters. The van der Waals surface area contributed by atoms with Crippen LogP contribution in [0.4, 0.5) is 0 Å². The van der Waals surface area contributed by atoms with Crippen molar-refractivity contribution in [3.8, 4) is 0 Å². The molecule has 1 aromatic carbocycles. The van der Waals surface area contributed by atoms with Crippen LogP contribution in [-0.4, -0.2) is 35.0 Å². The molecular formula is C18H25NO3. The Morgan fingerprint density at radius 3 is 2.45 bits per heavy atom. The van der Waals surface area contributed by atoms with Crippen LogP contribution in [0.3, 0.4) is 0 Å². The summed E-state index contributed by atoms with van der Waals surface area (Å²) in [6.45, 7) is 7.55. The van der Waals surface area contributed by atoms with Gasteiger partial charge in [-0.25, -0.2) is 0 Å². The van der Waals surface area contributed by atoms with E-state index in [1.807, 2.05) is 11.8 Å². The van der Waals surface area contributed by atoms with Gasteiger partial charge in [-0.2, -0.15) is 0 Å². The zero-order chi connectivity index (χ0) is 16.3. The molecule has 1 aliphatic heterocycles. The summed E-state index contributed by atoms with van der Waals surface area (Å²) in [4.78, 5) is 24.9. The number of benzene rings is 1. The van der Waals surface area contributed by atoms with Crippen LogP contribution in [0.5, 0.6) is 0 Å². The summed E-state index contributed by atoms with van der Waals surface area (Å²) in [6, 6.07) is 6.58. The molecule has 1 saturated heterocycles. The maximum Gasteiger partial charge on any atom is 0.303 e. The number of amides is 1. The molecule has 1 amide bonds. The number of aryl methyl sites for hydroxylation is 2. The molecule has 22 heavy (non-hydrogen) atoms. The molecule has 1 aromatic rings. The Kier molecular flexibility index (Phi) is 5.22. The van der Waals surface area contributed by atoms with Gasteiger partial charge >= 0.3 is 5.97 Å². The second kappa shape index (κ2) is 6.95. The van der Waals surface area contributed by atoms with E-state index in [0.29, 0.717) is 12.3 Å². The highest BCUT2D eigenvalue weighted by molar-refractivity contribution is 5.77. The fourth-order valence-corrected chi connectivity index (χ4v) is 3.30. The molecule has 0 saturated carbocycles. The molecule has 1 heterocycles. The molecule has 1 aliphatic rings. The lowest BCUT2D eigenvalue weighted by atomic mass is 9.95. The fraction of sp³-hybridized carbons (Fsp3) is 0.556. The van der Waals surface area contributed by atoms with Gasteiger partial charge < -0.3 is 10.0 Å². The Bertz CT molecular complexity index is 547. The van der Waals surface area contributed by atoms with Crippen molar-refractivity contribution in [1.29, 1.82) is 0 Å². The molecule has 0 aromatic heterocycles. The number of carboxylic acid groups (broad SMARTS) is 1. The number of likely N-dealkylation sites (tertiary alicyclic amines) is 1. The van der Waals surface area contributed by atoms with Crippen LogP contribution in [-0.2, 0) is 9.59 Å². The van der Waals surface area contributed by atoms with Crippen molar-refractivity contribution in [2.75, 3.05) is 13.1 Å². The lowest BCUT2D eigenvalue weighted by molar-refractivity contribution is -0.138. The number of hydrogen-bond donors (Lipinski definition) is 1. The van der Waals surface area contributed by atoms with Crippen molar-refractivity contribution < 1.29 is 14.7 Å². The topological polar surface area (TPSA) is 57.6 Å². The molecule has 0 aliphatic carbocycles. The van der Waals surface area contributed by atoms with Crippen molar-refractivity contribution in [2.24, 2.45) is 5.92 Å². The van der Waals surface area contributed by atoms with Crippen LogP contribution in [0.2, 0.25) is 0 Å². The first-order valence-electron chi connectivity index (χ1n) is 7.93.